The second kappa shape index (κ2) is 8.84. The van der Waals surface area contributed by atoms with E-state index < -0.39 is 0 Å². The molecule has 0 unspecified atom stereocenters. The van der Waals surface area contributed by atoms with Gasteiger partial charge in [0.25, 0.3) is 0 Å². The molecule has 1 aliphatic rings. The lowest BCUT2D eigenvalue weighted by Crippen LogP contribution is -2.43. The van der Waals surface area contributed by atoms with Crippen LogP contribution in [0.3, 0.4) is 0 Å². The summed E-state index contributed by atoms with van der Waals surface area (Å²) in [5, 5.41) is 0. The summed E-state index contributed by atoms with van der Waals surface area (Å²) in [7, 11) is 0. The number of hydrogen-bond donors (Lipinski definition) is 0. The molecular formula is C30H27NO. The molecule has 1 aliphatic heterocycles. The van der Waals surface area contributed by atoms with Crippen LogP contribution in [0.25, 0.3) is 0 Å². The molecule has 0 saturated heterocycles. The summed E-state index contributed by atoms with van der Waals surface area (Å²) in [6.07, 6.45) is 0.876. The van der Waals surface area contributed by atoms with Crippen LogP contribution in [0, 0.1) is 6.92 Å². The monoisotopic (exact) mass is 417 g/mol. The topological polar surface area (TPSA) is 20.3 Å². The highest BCUT2D eigenvalue weighted by atomic mass is 16.2. The van der Waals surface area contributed by atoms with Crippen molar-refractivity contribution >= 4 is 5.91 Å². The van der Waals surface area contributed by atoms with Crippen LogP contribution >= 0.6 is 0 Å². The Kier molecular flexibility index (Phi) is 5.60. The van der Waals surface area contributed by atoms with Crippen molar-refractivity contribution in [2.75, 3.05) is 6.54 Å². The third-order valence-electron chi connectivity index (χ3n) is 6.47. The summed E-state index contributed by atoms with van der Waals surface area (Å²) in [5.41, 5.74) is 7.02. The van der Waals surface area contributed by atoms with Crippen LogP contribution in [-0.2, 0) is 11.2 Å². The SMILES string of the molecule is Cc1ccc([C@@H]2c3ccccc3CCN2C(=O)C(c2ccccc2)c2ccccc2)cc1. The van der Waals surface area contributed by atoms with E-state index in [4.69, 9.17) is 0 Å². The molecule has 1 atom stereocenters. The number of amides is 1. The number of aryl methyl sites for hydroxylation is 1. The Bertz CT molecular complexity index is 1160. The first-order valence-corrected chi connectivity index (χ1v) is 11.3. The van der Waals surface area contributed by atoms with E-state index in [9.17, 15) is 4.79 Å². The van der Waals surface area contributed by atoms with Gasteiger partial charge < -0.3 is 4.90 Å². The van der Waals surface area contributed by atoms with E-state index in [1.165, 1.54) is 16.7 Å². The van der Waals surface area contributed by atoms with Gasteiger partial charge in [0.05, 0.1) is 12.0 Å². The third kappa shape index (κ3) is 3.85. The molecule has 0 saturated carbocycles. The first-order chi connectivity index (χ1) is 15.7. The average molecular weight is 418 g/mol. The second-order valence-corrected chi connectivity index (χ2v) is 8.55. The van der Waals surface area contributed by atoms with Crippen LogP contribution in [0.5, 0.6) is 0 Å². The Hall–Kier alpha value is -3.65. The zero-order valence-corrected chi connectivity index (χ0v) is 18.3. The molecule has 0 fully saturated rings. The molecule has 158 valence electrons. The number of carbonyl (C=O) groups excluding carboxylic acids is 1. The standard InChI is InChI=1S/C30H27NO/c1-22-16-18-26(19-17-22)29-27-15-9-8-10-23(27)20-21-31(29)30(32)28(24-11-4-2-5-12-24)25-13-6-3-7-14-25/h2-19,28-29H,20-21H2,1H3/t29-/m1/s1. The molecule has 0 aliphatic carbocycles. The van der Waals surface area contributed by atoms with Crippen molar-refractivity contribution in [1.82, 2.24) is 4.90 Å². The van der Waals surface area contributed by atoms with Gasteiger partial charge in [-0.3, -0.25) is 4.79 Å². The highest BCUT2D eigenvalue weighted by Gasteiger charge is 2.36. The second-order valence-electron chi connectivity index (χ2n) is 8.55. The molecule has 2 nitrogen and oxygen atoms in total. The van der Waals surface area contributed by atoms with Gasteiger partial charge in [-0.2, -0.15) is 0 Å². The molecule has 0 bridgehead atoms. The van der Waals surface area contributed by atoms with Crippen LogP contribution in [0.4, 0.5) is 0 Å². The van der Waals surface area contributed by atoms with E-state index >= 15 is 0 Å². The van der Waals surface area contributed by atoms with E-state index in [1.54, 1.807) is 0 Å². The number of fused-ring (bicyclic) bond motifs is 1. The Morgan fingerprint density at radius 2 is 1.31 bits per heavy atom. The van der Waals surface area contributed by atoms with Gasteiger partial charge in [0, 0.05) is 6.54 Å². The van der Waals surface area contributed by atoms with Crippen molar-refractivity contribution in [3.05, 3.63) is 143 Å². The van der Waals surface area contributed by atoms with Gasteiger partial charge in [0.2, 0.25) is 5.91 Å². The van der Waals surface area contributed by atoms with E-state index in [1.807, 2.05) is 36.4 Å². The normalized spacial score (nSPS) is 15.4. The minimum absolute atomic E-state index is 0.0806. The summed E-state index contributed by atoms with van der Waals surface area (Å²) in [4.78, 5) is 16.4. The van der Waals surface area contributed by atoms with Gasteiger partial charge >= 0.3 is 0 Å². The highest BCUT2D eigenvalue weighted by Crippen LogP contribution is 2.38. The lowest BCUT2D eigenvalue weighted by Gasteiger charge is -2.40. The molecule has 0 spiro atoms. The van der Waals surface area contributed by atoms with Crippen LogP contribution in [0.2, 0.25) is 0 Å². The van der Waals surface area contributed by atoms with E-state index in [2.05, 4.69) is 84.6 Å². The minimum atomic E-state index is -0.324. The lowest BCUT2D eigenvalue weighted by molar-refractivity contribution is -0.134. The number of nitrogens with zero attached hydrogens (tertiary/aromatic N) is 1. The molecule has 0 radical (unpaired) electrons. The number of carbonyl (C=O) groups is 1. The van der Waals surface area contributed by atoms with E-state index in [-0.39, 0.29) is 17.9 Å². The Labute approximate surface area is 190 Å². The zero-order valence-electron chi connectivity index (χ0n) is 18.3. The molecule has 0 N–H and O–H groups in total. The maximum Gasteiger partial charge on any atom is 0.235 e. The fraction of sp³-hybridized carbons (Fsp3) is 0.167. The predicted octanol–water partition coefficient (Wildman–Crippen LogP) is 6.30. The van der Waals surface area contributed by atoms with Crippen molar-refractivity contribution < 1.29 is 4.79 Å². The zero-order chi connectivity index (χ0) is 21.9. The van der Waals surface area contributed by atoms with E-state index in [0.717, 1.165) is 23.1 Å². The van der Waals surface area contributed by atoms with Crippen molar-refractivity contribution in [1.29, 1.82) is 0 Å². The number of benzene rings is 4. The van der Waals surface area contributed by atoms with Gasteiger partial charge in [0.1, 0.15) is 0 Å². The van der Waals surface area contributed by atoms with Gasteiger partial charge in [-0.05, 0) is 41.2 Å². The lowest BCUT2D eigenvalue weighted by atomic mass is 9.84. The van der Waals surface area contributed by atoms with Crippen molar-refractivity contribution in [2.45, 2.75) is 25.3 Å². The Balaban J connectivity index is 1.62. The molecule has 2 heteroatoms. The smallest absolute Gasteiger partial charge is 0.235 e. The molecule has 4 aromatic rings. The van der Waals surface area contributed by atoms with Crippen LogP contribution in [-0.4, -0.2) is 17.4 Å². The molecule has 32 heavy (non-hydrogen) atoms. The summed E-state index contributed by atoms with van der Waals surface area (Å²) in [5.74, 6) is -0.168. The molecule has 1 heterocycles. The third-order valence-corrected chi connectivity index (χ3v) is 6.47. The maximum atomic E-state index is 14.3. The minimum Gasteiger partial charge on any atom is -0.330 e. The van der Waals surface area contributed by atoms with Gasteiger partial charge in [-0.1, -0.05) is 115 Å². The number of rotatable bonds is 4. The first-order valence-electron chi connectivity index (χ1n) is 11.3. The first kappa shape index (κ1) is 20.3. The summed E-state index contributed by atoms with van der Waals surface area (Å²) in [6, 6.07) is 37.4. The Morgan fingerprint density at radius 1 is 0.750 bits per heavy atom. The van der Waals surface area contributed by atoms with Crippen LogP contribution in [0.15, 0.2) is 109 Å². The largest absolute Gasteiger partial charge is 0.330 e. The Morgan fingerprint density at radius 3 is 1.94 bits per heavy atom. The summed E-state index contributed by atoms with van der Waals surface area (Å²) < 4.78 is 0. The molecule has 1 amide bonds. The quantitative estimate of drug-likeness (QED) is 0.381. The average Bonchev–Trinajstić information content (AvgIpc) is 2.85. The maximum absolute atomic E-state index is 14.3. The van der Waals surface area contributed by atoms with Gasteiger partial charge in [0.15, 0.2) is 0 Å². The number of hydrogen-bond acceptors (Lipinski definition) is 1. The van der Waals surface area contributed by atoms with Gasteiger partial charge in [-0.25, -0.2) is 0 Å². The fourth-order valence-corrected chi connectivity index (χ4v) is 4.85. The summed E-state index contributed by atoms with van der Waals surface area (Å²) in [6.45, 7) is 2.81. The van der Waals surface area contributed by atoms with Crippen LogP contribution in [0.1, 0.15) is 45.3 Å². The van der Waals surface area contributed by atoms with Gasteiger partial charge in [-0.15, -0.1) is 0 Å². The fourth-order valence-electron chi connectivity index (χ4n) is 4.85. The van der Waals surface area contributed by atoms with E-state index in [0.29, 0.717) is 6.54 Å². The predicted molar refractivity (Wildman–Crippen MR) is 130 cm³/mol. The highest BCUT2D eigenvalue weighted by molar-refractivity contribution is 5.88. The molecule has 4 aromatic carbocycles. The molecular weight excluding hydrogens is 390 g/mol. The van der Waals surface area contributed by atoms with Crippen molar-refractivity contribution in [3.8, 4) is 0 Å². The molecule has 5 rings (SSSR count). The van der Waals surface area contributed by atoms with Crippen molar-refractivity contribution in [2.24, 2.45) is 0 Å². The van der Waals surface area contributed by atoms with Crippen molar-refractivity contribution in [3.63, 3.8) is 0 Å². The summed E-state index contributed by atoms with van der Waals surface area (Å²) >= 11 is 0. The van der Waals surface area contributed by atoms with Crippen LogP contribution < -0.4 is 0 Å². The molecule has 0 aromatic heterocycles.